The van der Waals surface area contributed by atoms with Gasteiger partial charge in [0, 0.05) is 10.7 Å². The molecule has 5 heteroatoms. The predicted octanol–water partition coefficient (Wildman–Crippen LogP) is 3.30. The lowest BCUT2D eigenvalue weighted by Crippen LogP contribution is -2.37. The maximum Gasteiger partial charge on any atom is 0.276 e. The van der Waals surface area contributed by atoms with Crippen molar-refractivity contribution >= 4 is 21.8 Å². The molecule has 1 amide bonds. The van der Waals surface area contributed by atoms with Gasteiger partial charge in [0.1, 0.15) is 5.75 Å². The Labute approximate surface area is 127 Å². The number of benzene rings is 1. The van der Waals surface area contributed by atoms with E-state index in [0.29, 0.717) is 5.75 Å². The summed E-state index contributed by atoms with van der Waals surface area (Å²) in [5, 5.41) is 0. The third-order valence-corrected chi connectivity index (χ3v) is 3.64. The van der Waals surface area contributed by atoms with Crippen LogP contribution in [0.25, 0.3) is 0 Å². The van der Waals surface area contributed by atoms with Crippen molar-refractivity contribution in [3.8, 4) is 5.75 Å². The average molecular weight is 339 g/mol. The third-order valence-electron chi connectivity index (χ3n) is 3.15. The zero-order chi connectivity index (χ0) is 14.2. The maximum absolute atomic E-state index is 11.6. The van der Waals surface area contributed by atoms with Crippen molar-refractivity contribution in [2.75, 3.05) is 6.61 Å². The van der Waals surface area contributed by atoms with Gasteiger partial charge in [-0.15, -0.1) is 0 Å². The van der Waals surface area contributed by atoms with Crippen LogP contribution in [0.1, 0.15) is 32.1 Å². The van der Waals surface area contributed by atoms with E-state index in [1.54, 1.807) is 0 Å². The fourth-order valence-electron chi connectivity index (χ4n) is 2.11. The number of halogens is 1. The molecule has 0 unspecified atom stereocenters. The predicted molar refractivity (Wildman–Crippen MR) is 82.1 cm³/mol. The SMILES string of the molecule is O=C(COc1cccc(Br)c1)NNC=C1CCCCC1. The molecule has 1 aromatic rings. The molecule has 1 aliphatic carbocycles. The fourth-order valence-corrected chi connectivity index (χ4v) is 2.49. The Morgan fingerprint density at radius 2 is 2.10 bits per heavy atom. The van der Waals surface area contributed by atoms with E-state index >= 15 is 0 Å². The second kappa shape index (κ2) is 7.94. The molecular weight excluding hydrogens is 320 g/mol. The molecule has 1 fully saturated rings. The van der Waals surface area contributed by atoms with Gasteiger partial charge in [-0.1, -0.05) is 34.0 Å². The van der Waals surface area contributed by atoms with Crippen molar-refractivity contribution in [1.82, 2.24) is 10.9 Å². The highest BCUT2D eigenvalue weighted by Gasteiger charge is 2.05. The second-order valence-electron chi connectivity index (χ2n) is 4.80. The number of rotatable bonds is 5. The number of allylic oxidation sites excluding steroid dienone is 1. The van der Waals surface area contributed by atoms with Gasteiger partial charge in [0.05, 0.1) is 0 Å². The lowest BCUT2D eigenvalue weighted by atomic mass is 9.96. The summed E-state index contributed by atoms with van der Waals surface area (Å²) in [5.74, 6) is 0.470. The van der Waals surface area contributed by atoms with Gasteiger partial charge < -0.3 is 10.2 Å². The first kappa shape index (κ1) is 14.9. The normalized spacial score (nSPS) is 14.6. The molecule has 20 heavy (non-hydrogen) atoms. The first-order chi connectivity index (χ1) is 9.74. The Morgan fingerprint density at radius 3 is 2.85 bits per heavy atom. The monoisotopic (exact) mass is 338 g/mol. The van der Waals surface area contributed by atoms with Crippen molar-refractivity contribution in [1.29, 1.82) is 0 Å². The summed E-state index contributed by atoms with van der Waals surface area (Å²) in [6.07, 6.45) is 7.94. The van der Waals surface area contributed by atoms with Crippen LogP contribution in [0, 0.1) is 0 Å². The van der Waals surface area contributed by atoms with Gasteiger partial charge in [0.25, 0.3) is 5.91 Å². The summed E-state index contributed by atoms with van der Waals surface area (Å²) in [6, 6.07) is 7.41. The molecule has 0 aliphatic heterocycles. The fraction of sp³-hybridized carbons (Fsp3) is 0.400. The Kier molecular flexibility index (Phi) is 5.92. The molecule has 1 aliphatic rings. The molecule has 0 spiro atoms. The summed E-state index contributed by atoms with van der Waals surface area (Å²) < 4.78 is 6.31. The van der Waals surface area contributed by atoms with E-state index in [0.717, 1.165) is 17.3 Å². The molecule has 0 heterocycles. The van der Waals surface area contributed by atoms with Crippen molar-refractivity contribution in [3.63, 3.8) is 0 Å². The first-order valence-corrected chi connectivity index (χ1v) is 7.64. The number of hydrogen-bond donors (Lipinski definition) is 2. The molecule has 0 saturated heterocycles. The molecule has 1 saturated carbocycles. The Morgan fingerprint density at radius 1 is 1.30 bits per heavy atom. The van der Waals surface area contributed by atoms with E-state index in [9.17, 15) is 4.79 Å². The van der Waals surface area contributed by atoms with Gasteiger partial charge in [0.15, 0.2) is 6.61 Å². The molecule has 0 radical (unpaired) electrons. The largest absolute Gasteiger partial charge is 0.484 e. The van der Waals surface area contributed by atoms with Gasteiger partial charge in [-0.3, -0.25) is 10.2 Å². The molecule has 108 valence electrons. The summed E-state index contributed by atoms with van der Waals surface area (Å²) in [7, 11) is 0. The zero-order valence-electron chi connectivity index (χ0n) is 11.3. The lowest BCUT2D eigenvalue weighted by Gasteiger charge is -2.14. The van der Waals surface area contributed by atoms with Gasteiger partial charge in [-0.2, -0.15) is 0 Å². The highest BCUT2D eigenvalue weighted by Crippen LogP contribution is 2.21. The van der Waals surface area contributed by atoms with E-state index in [1.807, 2.05) is 30.5 Å². The highest BCUT2D eigenvalue weighted by atomic mass is 79.9. The molecule has 1 aromatic carbocycles. The molecule has 0 atom stereocenters. The number of carbonyl (C=O) groups is 1. The minimum absolute atomic E-state index is 0.00731. The van der Waals surface area contributed by atoms with E-state index in [2.05, 4.69) is 26.8 Å². The maximum atomic E-state index is 11.6. The van der Waals surface area contributed by atoms with E-state index in [-0.39, 0.29) is 12.5 Å². The quantitative estimate of drug-likeness (QED) is 0.810. The van der Waals surface area contributed by atoms with Crippen LogP contribution >= 0.6 is 15.9 Å². The molecule has 2 N–H and O–H groups in total. The number of hydrazine groups is 1. The van der Waals surface area contributed by atoms with Crippen LogP contribution in [0.4, 0.5) is 0 Å². The minimum atomic E-state index is -0.197. The van der Waals surface area contributed by atoms with E-state index < -0.39 is 0 Å². The van der Waals surface area contributed by atoms with Crippen LogP contribution < -0.4 is 15.6 Å². The van der Waals surface area contributed by atoms with Crippen LogP contribution in [-0.2, 0) is 4.79 Å². The average Bonchev–Trinajstić information content (AvgIpc) is 2.46. The Bertz CT molecular complexity index is 481. The lowest BCUT2D eigenvalue weighted by molar-refractivity contribution is -0.123. The summed E-state index contributed by atoms with van der Waals surface area (Å²) in [5.41, 5.74) is 6.83. The number of amides is 1. The topological polar surface area (TPSA) is 50.4 Å². The minimum Gasteiger partial charge on any atom is -0.484 e. The van der Waals surface area contributed by atoms with Gasteiger partial charge >= 0.3 is 0 Å². The van der Waals surface area contributed by atoms with Gasteiger partial charge in [-0.05, 0) is 43.9 Å². The van der Waals surface area contributed by atoms with Gasteiger partial charge in [0.2, 0.25) is 0 Å². The smallest absolute Gasteiger partial charge is 0.276 e. The Hall–Kier alpha value is -1.49. The summed E-state index contributed by atoms with van der Waals surface area (Å²) in [4.78, 5) is 11.6. The van der Waals surface area contributed by atoms with Crippen molar-refractivity contribution in [3.05, 3.63) is 40.5 Å². The third kappa shape index (κ3) is 5.25. The number of nitrogens with one attached hydrogen (secondary N) is 2. The summed E-state index contributed by atoms with van der Waals surface area (Å²) in [6.45, 7) is -0.00731. The van der Waals surface area contributed by atoms with Crippen molar-refractivity contribution < 1.29 is 9.53 Å². The van der Waals surface area contributed by atoms with Crippen LogP contribution in [-0.4, -0.2) is 12.5 Å². The van der Waals surface area contributed by atoms with Crippen molar-refractivity contribution in [2.24, 2.45) is 0 Å². The molecule has 0 bridgehead atoms. The summed E-state index contributed by atoms with van der Waals surface area (Å²) >= 11 is 3.35. The molecule has 2 rings (SSSR count). The standard InChI is InChI=1S/C15H19BrN2O2/c16-13-7-4-8-14(9-13)20-11-15(19)18-17-10-12-5-2-1-3-6-12/h4,7-10,17H,1-3,5-6,11H2,(H,18,19). The molecule has 0 aromatic heterocycles. The van der Waals surface area contributed by atoms with Crippen molar-refractivity contribution in [2.45, 2.75) is 32.1 Å². The number of ether oxygens (including phenoxy) is 1. The number of carbonyl (C=O) groups excluding carboxylic acids is 1. The van der Waals surface area contributed by atoms with E-state index in [1.165, 1.54) is 24.8 Å². The van der Waals surface area contributed by atoms with Crippen LogP contribution in [0.5, 0.6) is 5.75 Å². The zero-order valence-corrected chi connectivity index (χ0v) is 12.9. The van der Waals surface area contributed by atoms with Crippen LogP contribution in [0.2, 0.25) is 0 Å². The number of hydrogen-bond acceptors (Lipinski definition) is 3. The first-order valence-electron chi connectivity index (χ1n) is 6.85. The van der Waals surface area contributed by atoms with E-state index in [4.69, 9.17) is 4.74 Å². The van der Waals surface area contributed by atoms with Crippen LogP contribution in [0.15, 0.2) is 40.5 Å². The highest BCUT2D eigenvalue weighted by molar-refractivity contribution is 9.10. The van der Waals surface area contributed by atoms with Crippen LogP contribution in [0.3, 0.4) is 0 Å². The Balaban J connectivity index is 1.67. The van der Waals surface area contributed by atoms with Gasteiger partial charge in [-0.25, -0.2) is 0 Å². The molecule has 4 nitrogen and oxygen atoms in total. The second-order valence-corrected chi connectivity index (χ2v) is 5.72. The molecular formula is C15H19BrN2O2.